The third-order valence-corrected chi connectivity index (χ3v) is 15.4. The fraction of sp³-hybridized carbons (Fsp3) is 0.633. The Balaban J connectivity index is 1.38. The van der Waals surface area contributed by atoms with Crippen molar-refractivity contribution in [3.63, 3.8) is 0 Å². The summed E-state index contributed by atoms with van der Waals surface area (Å²) in [6.07, 6.45) is -14.7. The Kier molecular flexibility index (Phi) is 13.3. The summed E-state index contributed by atoms with van der Waals surface area (Å²) in [6.45, 7) is 11.3. The lowest BCUT2D eigenvalue weighted by Crippen LogP contribution is -2.92. The summed E-state index contributed by atoms with van der Waals surface area (Å²) in [5, 5.41) is 67.4. The zero-order valence-electron chi connectivity index (χ0n) is 39.0. The predicted octanol–water partition coefficient (Wildman–Crippen LogP) is 3.02. The van der Waals surface area contributed by atoms with Gasteiger partial charge in [-0.1, -0.05) is 76.2 Å². The smallest absolute Gasteiger partial charge is 0.408 e. The molecule has 3 unspecified atom stereocenters. The maximum atomic E-state index is 15.1. The van der Waals surface area contributed by atoms with Crippen molar-refractivity contribution >= 4 is 35.8 Å². The van der Waals surface area contributed by atoms with E-state index in [9.17, 15) is 49.5 Å². The lowest BCUT2D eigenvalue weighted by atomic mass is 9.40. The number of alkyl carbamates (subject to hydrolysis) is 1. The third-order valence-electron chi connectivity index (χ3n) is 15.4. The maximum Gasteiger partial charge on any atom is 0.408 e. The summed E-state index contributed by atoms with van der Waals surface area (Å²) >= 11 is 0. The molecule has 5 aliphatic rings. The maximum absolute atomic E-state index is 15.1. The zero-order valence-corrected chi connectivity index (χ0v) is 39.0. The van der Waals surface area contributed by atoms with E-state index in [4.69, 9.17) is 28.4 Å². The van der Waals surface area contributed by atoms with Gasteiger partial charge in [-0.05, 0) is 50.8 Å². The highest BCUT2D eigenvalue weighted by molar-refractivity contribution is 5.90. The van der Waals surface area contributed by atoms with Gasteiger partial charge in [0.25, 0.3) is 0 Å². The molecule has 5 fully saturated rings. The minimum Gasteiger partial charge on any atom is -0.459 e. The number of hydrogen-bond acceptors (Lipinski definition) is 17. The van der Waals surface area contributed by atoms with E-state index in [0.29, 0.717) is 0 Å². The van der Waals surface area contributed by atoms with Crippen LogP contribution in [-0.2, 0) is 47.6 Å². The molecule has 67 heavy (non-hydrogen) atoms. The Morgan fingerprint density at radius 2 is 1.54 bits per heavy atom. The second-order valence-electron chi connectivity index (χ2n) is 20.8. The quantitative estimate of drug-likeness (QED) is 0.148. The molecule has 18 heteroatoms. The lowest BCUT2D eigenvalue weighted by molar-refractivity contribution is -0.432. The van der Waals surface area contributed by atoms with Crippen LogP contribution in [-0.4, -0.2) is 133 Å². The van der Waals surface area contributed by atoms with Crippen molar-refractivity contribution in [3.05, 3.63) is 71.8 Å². The highest BCUT2D eigenvalue weighted by Crippen LogP contribution is 2.67. The second kappa shape index (κ2) is 17.8. The van der Waals surface area contributed by atoms with Gasteiger partial charge in [0, 0.05) is 43.9 Å². The van der Waals surface area contributed by atoms with Crippen LogP contribution in [0.25, 0.3) is 0 Å². The fourth-order valence-corrected chi connectivity index (χ4v) is 11.7. The van der Waals surface area contributed by atoms with Gasteiger partial charge in [-0.2, -0.15) is 0 Å². The number of carbonyl (C=O) groups is 6. The molecule has 366 valence electrons. The molecule has 2 bridgehead atoms. The van der Waals surface area contributed by atoms with Gasteiger partial charge in [0.15, 0.2) is 17.3 Å². The third kappa shape index (κ3) is 8.30. The first-order valence-electron chi connectivity index (χ1n) is 22.8. The fourth-order valence-electron chi connectivity index (χ4n) is 11.7. The molecule has 0 aromatic heterocycles. The van der Waals surface area contributed by atoms with Crippen LogP contribution in [0.2, 0.25) is 0 Å². The number of ether oxygens (including phenoxy) is 6. The number of benzene rings is 2. The number of aliphatic hydroxyl groups excluding tert-OH is 3. The van der Waals surface area contributed by atoms with E-state index in [1.54, 1.807) is 76.2 Å². The summed E-state index contributed by atoms with van der Waals surface area (Å²) < 4.78 is 35.9. The number of esters is 4. The van der Waals surface area contributed by atoms with Crippen molar-refractivity contribution in [2.24, 2.45) is 28.6 Å². The van der Waals surface area contributed by atoms with Gasteiger partial charge in [0.1, 0.15) is 35.2 Å². The minimum absolute atomic E-state index is 0.0297. The van der Waals surface area contributed by atoms with Crippen molar-refractivity contribution < 1.29 is 82.7 Å². The van der Waals surface area contributed by atoms with Crippen molar-refractivity contribution in [2.45, 2.75) is 159 Å². The molecule has 7 rings (SSSR count). The molecule has 15 atom stereocenters. The Morgan fingerprint density at radius 3 is 2.09 bits per heavy atom. The van der Waals surface area contributed by atoms with Gasteiger partial charge in [0.2, 0.25) is 6.10 Å². The average Bonchev–Trinajstić information content (AvgIpc) is 3.70. The first-order chi connectivity index (χ1) is 31.2. The van der Waals surface area contributed by atoms with E-state index in [2.05, 4.69) is 5.32 Å². The lowest BCUT2D eigenvalue weighted by Gasteiger charge is -2.73. The van der Waals surface area contributed by atoms with E-state index in [1.165, 1.54) is 32.9 Å². The molecule has 1 heterocycles. The van der Waals surface area contributed by atoms with Crippen LogP contribution >= 0.6 is 0 Å². The minimum atomic E-state index is -2.98. The number of hydrogen-bond donors (Lipinski definition) is 6. The summed E-state index contributed by atoms with van der Waals surface area (Å²) in [7, 11) is 0. The first-order valence-corrected chi connectivity index (χ1v) is 22.8. The second-order valence-corrected chi connectivity index (χ2v) is 20.8. The number of aliphatic hydroxyl groups is 5. The SMILES string of the molecule is CC(=O)O[C@]12CO[C@H]1C[C@@H](O)[C@]1(C)[C@@H](O)[C@@H](O)C3[C@@H](C)C(OC(=O)[C@@H](OC(=O)C4CCC(=O)C4)[C@H](NC(=O)OC(C)(C)C)c4ccccc4)C[C@](O)([C@H](OC(=O)c4ccccc4)[C@]12O)C3(C)C. The Morgan fingerprint density at radius 1 is 0.910 bits per heavy atom. The molecule has 2 aromatic rings. The first kappa shape index (κ1) is 49.9. The van der Waals surface area contributed by atoms with E-state index in [0.717, 1.165) is 6.92 Å². The van der Waals surface area contributed by atoms with Gasteiger partial charge >= 0.3 is 30.0 Å². The molecule has 18 nitrogen and oxygen atoms in total. The Bertz CT molecular complexity index is 2230. The van der Waals surface area contributed by atoms with Crippen LogP contribution in [0.15, 0.2) is 60.7 Å². The molecular formula is C49H63NO17. The number of carbonyl (C=O) groups excluding carboxylic acids is 6. The van der Waals surface area contributed by atoms with E-state index >= 15 is 4.79 Å². The number of rotatable bonds is 10. The molecule has 1 aliphatic heterocycles. The molecule has 4 aliphatic carbocycles. The largest absolute Gasteiger partial charge is 0.459 e. The predicted molar refractivity (Wildman–Crippen MR) is 232 cm³/mol. The monoisotopic (exact) mass is 937 g/mol. The van der Waals surface area contributed by atoms with Crippen LogP contribution in [0.4, 0.5) is 4.79 Å². The topological polar surface area (TPSA) is 271 Å². The highest BCUT2D eigenvalue weighted by atomic mass is 16.7. The van der Waals surface area contributed by atoms with Gasteiger partial charge < -0.3 is 59.3 Å². The van der Waals surface area contributed by atoms with Crippen LogP contribution in [0.5, 0.6) is 0 Å². The van der Waals surface area contributed by atoms with Crippen LogP contribution in [0.1, 0.15) is 109 Å². The molecule has 0 radical (unpaired) electrons. The number of ketones is 1. The van der Waals surface area contributed by atoms with Gasteiger partial charge in [0.05, 0.1) is 41.8 Å². The highest BCUT2D eigenvalue weighted by Gasteiger charge is 2.86. The van der Waals surface area contributed by atoms with E-state index in [-0.39, 0.29) is 42.6 Å². The Hall–Kier alpha value is -4.98. The van der Waals surface area contributed by atoms with E-state index in [1.807, 2.05) is 0 Å². The van der Waals surface area contributed by atoms with Gasteiger partial charge in [-0.25, -0.2) is 14.4 Å². The Labute approximate surface area is 388 Å². The zero-order chi connectivity index (χ0) is 49.2. The van der Waals surface area contributed by atoms with Crippen molar-refractivity contribution in [2.75, 3.05) is 6.61 Å². The van der Waals surface area contributed by atoms with Gasteiger partial charge in [-0.3, -0.25) is 14.4 Å². The van der Waals surface area contributed by atoms with Crippen molar-refractivity contribution in [1.82, 2.24) is 5.32 Å². The average molecular weight is 938 g/mol. The van der Waals surface area contributed by atoms with Crippen molar-refractivity contribution in [1.29, 1.82) is 0 Å². The molecule has 6 N–H and O–H groups in total. The summed E-state index contributed by atoms with van der Waals surface area (Å²) in [5.74, 6) is -7.57. The number of amides is 1. The van der Waals surface area contributed by atoms with E-state index < -0.39 is 143 Å². The normalized spacial score (nSPS) is 37.3. The van der Waals surface area contributed by atoms with Crippen LogP contribution < -0.4 is 5.32 Å². The van der Waals surface area contributed by atoms with Crippen LogP contribution in [0, 0.1) is 28.6 Å². The molecule has 0 spiro atoms. The van der Waals surface area contributed by atoms with Gasteiger partial charge in [-0.15, -0.1) is 0 Å². The molecule has 1 saturated heterocycles. The number of nitrogens with one attached hydrogen (secondary N) is 1. The van der Waals surface area contributed by atoms with Crippen LogP contribution in [0.3, 0.4) is 0 Å². The van der Waals surface area contributed by atoms with Crippen molar-refractivity contribution in [3.8, 4) is 0 Å². The summed E-state index contributed by atoms with van der Waals surface area (Å²) in [5.41, 5.74) is -12.6. The molecule has 1 amide bonds. The number of Topliss-reactive ketones (excluding diaryl/α,β-unsaturated/α-hetero) is 1. The standard InChI is InChI=1S/C49H63NO17/c1-25-31(63-41(58)37(64-40(57)29-19-20-30(52)21-29)35(27-15-11-9-12-16-27)50-43(59)67-44(3,4)5)23-47(60)42(65-39(56)28-17-13-10-14-18-28)49(61)46(8,38(55)36(54)34(25)45(47,6)7)32(53)22-33-48(49,24-62-33)66-26(2)51/h9-18,25,29,31-38,42,53-55,60-61H,19-24H2,1-8H3,(H,50,59)/t25-,29?,31?,32+,33-,34?,35+,36-,37-,38-,42-,46+,47-,48+,49-/m0/s1. The summed E-state index contributed by atoms with van der Waals surface area (Å²) in [6, 6.07) is 14.2. The molecular weight excluding hydrogens is 875 g/mol. The molecule has 2 aromatic carbocycles. The molecule has 4 saturated carbocycles. The number of fused-ring (bicyclic) bond motifs is 5. The summed E-state index contributed by atoms with van der Waals surface area (Å²) in [4.78, 5) is 82.1.